The van der Waals surface area contributed by atoms with Crippen LogP contribution in [0.3, 0.4) is 0 Å². The second-order valence-electron chi connectivity index (χ2n) is 12.0. The number of ether oxygens (including phenoxy) is 3. The van der Waals surface area contributed by atoms with Gasteiger partial charge >= 0.3 is 0 Å². The smallest absolute Gasteiger partial charge is 0.221 e. The van der Waals surface area contributed by atoms with Crippen molar-refractivity contribution in [2.75, 3.05) is 39.6 Å². The van der Waals surface area contributed by atoms with Crippen molar-refractivity contribution in [1.82, 2.24) is 0 Å². The molecule has 0 radical (unpaired) electrons. The molecule has 3 aromatic carbocycles. The lowest BCUT2D eigenvalue weighted by atomic mass is 9.70. The largest absolute Gasteiger partial charge is 0.748 e. The molecular weight excluding hydrogens is 617 g/mol. The van der Waals surface area contributed by atoms with E-state index in [1.54, 1.807) is 33.1 Å². The van der Waals surface area contributed by atoms with E-state index in [9.17, 15) is 17.8 Å². The van der Waals surface area contributed by atoms with E-state index < -0.39 is 27.1 Å². The lowest BCUT2D eigenvalue weighted by molar-refractivity contribution is -0.183. The van der Waals surface area contributed by atoms with Crippen molar-refractivity contribution >= 4 is 38.6 Å². The van der Waals surface area contributed by atoms with Crippen LogP contribution < -0.4 is 4.74 Å². The van der Waals surface area contributed by atoms with Crippen molar-refractivity contribution in [1.29, 1.82) is 0 Å². The van der Waals surface area contributed by atoms with Crippen LogP contribution in [0, 0.1) is 16.7 Å². The summed E-state index contributed by atoms with van der Waals surface area (Å²) in [7, 11) is 0.935. The normalized spacial score (nSPS) is 20.8. The molecule has 0 N–H and O–H groups in total. The summed E-state index contributed by atoms with van der Waals surface area (Å²) in [5.41, 5.74) is 0.716. The second-order valence-corrected chi connectivity index (χ2v) is 16.7. The van der Waals surface area contributed by atoms with Crippen LogP contribution in [0.5, 0.6) is 5.75 Å². The van der Waals surface area contributed by atoms with E-state index in [2.05, 4.69) is 73.2 Å². The average molecular weight is 659 g/mol. The molecular formula is C34H42O7S3. The molecule has 0 spiro atoms. The Balaban J connectivity index is 0.000000246. The molecule has 2 aliphatic rings. The summed E-state index contributed by atoms with van der Waals surface area (Å²) in [6, 6.07) is 24.9. The number of methoxy groups -OCH3 is 3. The van der Waals surface area contributed by atoms with Gasteiger partial charge in [-0.3, -0.25) is 4.79 Å². The molecule has 0 saturated heterocycles. The first-order valence-corrected chi connectivity index (χ1v) is 18.8. The van der Waals surface area contributed by atoms with Crippen molar-refractivity contribution in [3.63, 3.8) is 0 Å². The number of carbonyl (C=O) groups excluding carboxylic acids is 1. The minimum absolute atomic E-state index is 0.0248. The molecule has 2 bridgehead atoms. The Morgan fingerprint density at radius 1 is 0.886 bits per heavy atom. The standard InChI is InChI=1S/C24H27O3S2.C10H16O4S/c1-25-20-10-14-22(15-11-20)28-21-12-6-18(7-13-21)24(26-2,27-3)19-8-16-23(17-9-19)29(4)5;1-9(2)7-3-4-10(9,8(11)5-7)6-15(12,13)14/h6-17H,1-5H3;7H,3-6H2,1-2H3,(H,12,13,14)/q+1;/p-1. The molecule has 44 heavy (non-hydrogen) atoms. The van der Waals surface area contributed by atoms with Gasteiger partial charge in [0.05, 0.1) is 23.0 Å². The van der Waals surface area contributed by atoms with Crippen molar-refractivity contribution in [3.8, 4) is 5.75 Å². The maximum atomic E-state index is 11.8. The van der Waals surface area contributed by atoms with Crippen molar-refractivity contribution in [2.45, 2.75) is 53.6 Å². The summed E-state index contributed by atoms with van der Waals surface area (Å²) >= 11 is 1.71. The monoisotopic (exact) mass is 658 g/mol. The maximum absolute atomic E-state index is 11.8. The van der Waals surface area contributed by atoms with Crippen LogP contribution in [0.15, 0.2) is 87.5 Å². The third-order valence-corrected chi connectivity index (χ3v) is 12.4. The zero-order valence-electron chi connectivity index (χ0n) is 26.4. The SMILES string of the molecule is CC1(C)C2CCC1(CS(=O)(=O)[O-])C(=O)C2.COc1ccc(Sc2ccc(C(OC)(OC)c3ccc([S+](C)C)cc3)cc2)cc1. The summed E-state index contributed by atoms with van der Waals surface area (Å²) in [6.07, 6.45) is 6.31. The third kappa shape index (κ3) is 6.90. The van der Waals surface area contributed by atoms with Gasteiger partial charge in [-0.2, -0.15) is 0 Å². The molecule has 2 fully saturated rings. The lowest BCUT2D eigenvalue weighted by Gasteiger charge is -2.37. The number of rotatable bonds is 10. The first-order valence-electron chi connectivity index (χ1n) is 14.4. The third-order valence-electron chi connectivity index (χ3n) is 9.37. The van der Waals surface area contributed by atoms with Crippen LogP contribution in [0.25, 0.3) is 0 Å². The molecule has 238 valence electrons. The fraction of sp³-hybridized carbons (Fsp3) is 0.441. The van der Waals surface area contributed by atoms with Gasteiger partial charge in [-0.1, -0.05) is 37.7 Å². The number of hydrogen-bond acceptors (Lipinski definition) is 8. The molecule has 2 saturated carbocycles. The topological polar surface area (TPSA) is 102 Å². The van der Waals surface area contributed by atoms with E-state index in [1.807, 2.05) is 26.0 Å². The van der Waals surface area contributed by atoms with Crippen LogP contribution in [-0.2, 0) is 41.1 Å². The van der Waals surface area contributed by atoms with E-state index in [0.29, 0.717) is 12.8 Å². The van der Waals surface area contributed by atoms with Gasteiger partial charge in [0, 0.05) is 57.9 Å². The van der Waals surface area contributed by atoms with Gasteiger partial charge in [-0.15, -0.1) is 0 Å². The first kappa shape index (κ1) is 34.5. The molecule has 0 heterocycles. The van der Waals surface area contributed by atoms with Crippen LogP contribution in [0.1, 0.15) is 44.2 Å². The fourth-order valence-corrected chi connectivity index (χ4v) is 9.38. The lowest BCUT2D eigenvalue weighted by Crippen LogP contribution is -2.42. The quantitative estimate of drug-likeness (QED) is 0.138. The van der Waals surface area contributed by atoms with Gasteiger partial charge in [0.25, 0.3) is 0 Å². The number of benzene rings is 3. The average Bonchev–Trinajstić information content (AvgIpc) is 3.33. The fourth-order valence-electron chi connectivity index (χ4n) is 6.60. The highest BCUT2D eigenvalue weighted by Crippen LogP contribution is 2.64. The van der Waals surface area contributed by atoms with Gasteiger partial charge in [-0.25, -0.2) is 8.42 Å². The Labute approximate surface area is 269 Å². The number of carbonyl (C=O) groups is 1. The molecule has 0 amide bonds. The number of fused-ring (bicyclic) bond motifs is 2. The molecule has 3 aromatic rings. The highest BCUT2D eigenvalue weighted by atomic mass is 32.2. The zero-order valence-corrected chi connectivity index (χ0v) is 28.9. The Hall–Kier alpha value is -2.34. The predicted octanol–water partition coefficient (Wildman–Crippen LogP) is 6.50. The summed E-state index contributed by atoms with van der Waals surface area (Å²) in [5.74, 6) is -0.349. The van der Waals surface area contributed by atoms with E-state index in [4.69, 9.17) is 14.2 Å². The zero-order chi connectivity index (χ0) is 32.3. The Bertz CT molecular complexity index is 1530. The molecule has 0 aromatic heterocycles. The minimum atomic E-state index is -4.33. The summed E-state index contributed by atoms with van der Waals surface area (Å²) in [5, 5.41) is 0. The first-order chi connectivity index (χ1) is 20.7. The van der Waals surface area contributed by atoms with E-state index in [0.717, 1.165) is 33.1 Å². The van der Waals surface area contributed by atoms with Crippen LogP contribution in [0.2, 0.25) is 0 Å². The van der Waals surface area contributed by atoms with E-state index in [1.165, 1.54) is 4.90 Å². The Morgan fingerprint density at radius 2 is 1.39 bits per heavy atom. The van der Waals surface area contributed by atoms with Crippen LogP contribution in [-0.4, -0.2) is 58.3 Å². The maximum Gasteiger partial charge on any atom is 0.221 e. The summed E-state index contributed by atoms with van der Waals surface area (Å²) in [4.78, 5) is 15.5. The highest BCUT2D eigenvalue weighted by Gasteiger charge is 2.64. The van der Waals surface area contributed by atoms with Crippen molar-refractivity contribution in [2.24, 2.45) is 16.7 Å². The van der Waals surface area contributed by atoms with Gasteiger partial charge in [0.15, 0.2) is 4.90 Å². The van der Waals surface area contributed by atoms with E-state index >= 15 is 0 Å². The molecule has 0 aliphatic heterocycles. The van der Waals surface area contributed by atoms with Gasteiger partial charge in [0.2, 0.25) is 5.79 Å². The summed E-state index contributed by atoms with van der Waals surface area (Å²) < 4.78 is 49.7. The minimum Gasteiger partial charge on any atom is -0.748 e. The number of ketones is 1. The summed E-state index contributed by atoms with van der Waals surface area (Å²) in [6.45, 7) is 3.83. The predicted molar refractivity (Wildman–Crippen MR) is 175 cm³/mol. The highest BCUT2D eigenvalue weighted by molar-refractivity contribution is 7.99. The van der Waals surface area contributed by atoms with Crippen LogP contribution >= 0.6 is 11.8 Å². The molecule has 2 aliphatic carbocycles. The van der Waals surface area contributed by atoms with Gasteiger partial charge < -0.3 is 18.8 Å². The van der Waals surface area contributed by atoms with Gasteiger partial charge in [0.1, 0.15) is 24.0 Å². The van der Waals surface area contributed by atoms with Crippen molar-refractivity contribution in [3.05, 3.63) is 83.9 Å². The Kier molecular flexibility index (Phi) is 10.6. The number of Topliss-reactive ketones (excluding diaryl/α,β-unsaturated/α-hetero) is 1. The van der Waals surface area contributed by atoms with E-state index in [-0.39, 0.29) is 28.0 Å². The van der Waals surface area contributed by atoms with Crippen LogP contribution in [0.4, 0.5) is 0 Å². The molecule has 2 unspecified atom stereocenters. The molecule has 5 rings (SSSR count). The molecule has 7 nitrogen and oxygen atoms in total. The molecule has 10 heteroatoms. The second kappa shape index (κ2) is 13.6. The Morgan fingerprint density at radius 3 is 1.77 bits per heavy atom. The number of hydrogen-bond donors (Lipinski definition) is 0. The van der Waals surface area contributed by atoms with Crippen molar-refractivity contribution < 1.29 is 32.0 Å². The molecule has 2 atom stereocenters. The van der Waals surface area contributed by atoms with Gasteiger partial charge in [-0.05, 0) is 84.8 Å².